The molecule has 1 aromatic carbocycles. The highest BCUT2D eigenvalue weighted by Crippen LogP contribution is 2.31. The molecule has 0 spiro atoms. The molecule has 0 aliphatic heterocycles. The summed E-state index contributed by atoms with van der Waals surface area (Å²) in [5.74, 6) is 0.377. The van der Waals surface area contributed by atoms with E-state index < -0.39 is 6.67 Å². The zero-order valence-electron chi connectivity index (χ0n) is 8.12. The summed E-state index contributed by atoms with van der Waals surface area (Å²) >= 11 is 11.9. The first-order valence-electron chi connectivity index (χ1n) is 4.54. The summed E-state index contributed by atoms with van der Waals surface area (Å²) in [6.45, 7) is -0.631. The van der Waals surface area contributed by atoms with Crippen LogP contribution in [0.4, 0.5) is 4.39 Å². The molecule has 0 saturated heterocycles. The molecule has 0 saturated carbocycles. The van der Waals surface area contributed by atoms with Crippen molar-refractivity contribution in [2.24, 2.45) is 0 Å². The van der Waals surface area contributed by atoms with Gasteiger partial charge in [0.2, 0.25) is 0 Å². The van der Waals surface area contributed by atoms with E-state index in [0.29, 0.717) is 27.1 Å². The molecule has 1 aromatic heterocycles. The first-order chi connectivity index (χ1) is 7.72. The fraction of sp³-hybridized carbons (Fsp3) is 0.0909. The number of nitrogens with zero attached hydrogens (tertiary/aromatic N) is 2. The van der Waals surface area contributed by atoms with Gasteiger partial charge in [-0.2, -0.15) is 0 Å². The SMILES string of the molecule is FCc1ccnc(-c2cccc(Cl)c2Cl)n1. The molecule has 0 aliphatic rings. The van der Waals surface area contributed by atoms with E-state index in [2.05, 4.69) is 9.97 Å². The molecule has 5 heteroatoms. The van der Waals surface area contributed by atoms with Gasteiger partial charge in [-0.3, -0.25) is 0 Å². The van der Waals surface area contributed by atoms with E-state index >= 15 is 0 Å². The maximum atomic E-state index is 12.5. The third kappa shape index (κ3) is 2.15. The molecule has 2 rings (SSSR count). The highest BCUT2D eigenvalue weighted by atomic mass is 35.5. The van der Waals surface area contributed by atoms with E-state index in [1.54, 1.807) is 18.2 Å². The minimum absolute atomic E-state index is 0.320. The summed E-state index contributed by atoms with van der Waals surface area (Å²) in [7, 11) is 0. The second kappa shape index (κ2) is 4.76. The minimum atomic E-state index is -0.631. The number of benzene rings is 1. The molecule has 0 bridgehead atoms. The maximum absolute atomic E-state index is 12.5. The molecular weight excluding hydrogens is 250 g/mol. The second-order valence-corrected chi connectivity index (χ2v) is 3.89. The fourth-order valence-corrected chi connectivity index (χ4v) is 1.66. The Labute approximate surface area is 102 Å². The third-order valence-corrected chi connectivity index (χ3v) is 2.86. The van der Waals surface area contributed by atoms with E-state index in [9.17, 15) is 4.39 Å². The number of rotatable bonds is 2. The summed E-state index contributed by atoms with van der Waals surface area (Å²) in [6.07, 6.45) is 1.49. The normalized spacial score (nSPS) is 10.4. The lowest BCUT2D eigenvalue weighted by Gasteiger charge is -2.04. The summed E-state index contributed by atoms with van der Waals surface area (Å²) in [6, 6.07) is 6.68. The van der Waals surface area contributed by atoms with E-state index in [1.807, 2.05) is 0 Å². The van der Waals surface area contributed by atoms with E-state index in [4.69, 9.17) is 23.2 Å². The minimum Gasteiger partial charge on any atom is -0.244 e. The highest BCUT2D eigenvalue weighted by Gasteiger charge is 2.09. The molecule has 0 aliphatic carbocycles. The number of aromatic nitrogens is 2. The lowest BCUT2D eigenvalue weighted by molar-refractivity contribution is 0.475. The standard InChI is InChI=1S/C11H7Cl2FN2/c12-9-3-1-2-8(10(9)13)11-15-5-4-7(6-14)16-11/h1-5H,6H2. The van der Waals surface area contributed by atoms with Crippen molar-refractivity contribution >= 4 is 23.2 Å². The lowest BCUT2D eigenvalue weighted by atomic mass is 10.2. The predicted octanol–water partition coefficient (Wildman–Crippen LogP) is 3.92. The van der Waals surface area contributed by atoms with Crippen LogP contribution in [0, 0.1) is 0 Å². The van der Waals surface area contributed by atoms with E-state index in [-0.39, 0.29) is 0 Å². The molecule has 0 unspecified atom stereocenters. The Morgan fingerprint density at radius 3 is 2.75 bits per heavy atom. The third-order valence-electron chi connectivity index (χ3n) is 2.04. The van der Waals surface area contributed by atoms with Crippen LogP contribution in [0.25, 0.3) is 11.4 Å². The van der Waals surface area contributed by atoms with Gasteiger partial charge in [0, 0.05) is 11.8 Å². The van der Waals surface area contributed by atoms with Crippen LogP contribution in [-0.4, -0.2) is 9.97 Å². The Morgan fingerprint density at radius 1 is 1.19 bits per heavy atom. The second-order valence-electron chi connectivity index (χ2n) is 3.11. The fourth-order valence-electron chi connectivity index (χ4n) is 1.28. The van der Waals surface area contributed by atoms with Gasteiger partial charge in [0.25, 0.3) is 0 Å². The van der Waals surface area contributed by atoms with Crippen molar-refractivity contribution in [3.05, 3.63) is 46.2 Å². The van der Waals surface area contributed by atoms with E-state index in [1.165, 1.54) is 12.3 Å². The highest BCUT2D eigenvalue weighted by molar-refractivity contribution is 6.43. The lowest BCUT2D eigenvalue weighted by Crippen LogP contribution is -1.93. The first kappa shape index (κ1) is 11.3. The van der Waals surface area contributed by atoms with Crippen LogP contribution in [0.5, 0.6) is 0 Å². The number of hydrogen-bond donors (Lipinski definition) is 0. The van der Waals surface area contributed by atoms with Crippen LogP contribution in [0.1, 0.15) is 5.69 Å². The van der Waals surface area contributed by atoms with Crippen molar-refractivity contribution in [1.29, 1.82) is 0 Å². The molecule has 1 heterocycles. The van der Waals surface area contributed by atoms with Gasteiger partial charge in [-0.15, -0.1) is 0 Å². The van der Waals surface area contributed by atoms with Gasteiger partial charge in [-0.1, -0.05) is 29.3 Å². The van der Waals surface area contributed by atoms with Gasteiger partial charge >= 0.3 is 0 Å². The Bertz CT molecular complexity index is 517. The molecule has 16 heavy (non-hydrogen) atoms. The molecule has 2 nitrogen and oxygen atoms in total. The van der Waals surface area contributed by atoms with E-state index in [0.717, 1.165) is 0 Å². The summed E-state index contributed by atoms with van der Waals surface area (Å²) in [5.41, 5.74) is 0.922. The molecule has 82 valence electrons. The van der Waals surface area contributed by atoms with Crippen LogP contribution in [-0.2, 0) is 6.67 Å². The van der Waals surface area contributed by atoms with Gasteiger partial charge in [-0.25, -0.2) is 14.4 Å². The Morgan fingerprint density at radius 2 is 2.00 bits per heavy atom. The molecule has 0 radical (unpaired) electrons. The number of halogens is 3. The van der Waals surface area contributed by atoms with Crippen molar-refractivity contribution in [2.45, 2.75) is 6.67 Å². The molecule has 0 amide bonds. The quantitative estimate of drug-likeness (QED) is 0.814. The Hall–Kier alpha value is -1.19. The zero-order valence-corrected chi connectivity index (χ0v) is 9.63. The van der Waals surface area contributed by atoms with Gasteiger partial charge < -0.3 is 0 Å². The molecular formula is C11H7Cl2FN2. The summed E-state index contributed by atoms with van der Waals surface area (Å²) in [4.78, 5) is 8.07. The van der Waals surface area contributed by atoms with Gasteiger partial charge in [0.15, 0.2) is 5.82 Å². The first-order valence-corrected chi connectivity index (χ1v) is 5.30. The van der Waals surface area contributed by atoms with Crippen LogP contribution >= 0.6 is 23.2 Å². The van der Waals surface area contributed by atoms with Crippen molar-refractivity contribution in [3.8, 4) is 11.4 Å². The predicted molar refractivity (Wildman–Crippen MR) is 62.3 cm³/mol. The topological polar surface area (TPSA) is 25.8 Å². The van der Waals surface area contributed by atoms with Crippen molar-refractivity contribution in [2.75, 3.05) is 0 Å². The van der Waals surface area contributed by atoms with Crippen molar-refractivity contribution in [3.63, 3.8) is 0 Å². The van der Waals surface area contributed by atoms with Gasteiger partial charge in [-0.05, 0) is 18.2 Å². The number of hydrogen-bond acceptors (Lipinski definition) is 2. The molecule has 2 aromatic rings. The smallest absolute Gasteiger partial charge is 0.161 e. The van der Waals surface area contributed by atoms with Crippen LogP contribution in [0.2, 0.25) is 10.0 Å². The van der Waals surface area contributed by atoms with Crippen molar-refractivity contribution in [1.82, 2.24) is 9.97 Å². The number of alkyl halides is 1. The maximum Gasteiger partial charge on any atom is 0.161 e. The Balaban J connectivity index is 2.54. The van der Waals surface area contributed by atoms with Crippen LogP contribution in [0.3, 0.4) is 0 Å². The average molecular weight is 257 g/mol. The molecule has 0 fully saturated rings. The van der Waals surface area contributed by atoms with Gasteiger partial charge in [0.1, 0.15) is 6.67 Å². The van der Waals surface area contributed by atoms with Crippen LogP contribution in [0.15, 0.2) is 30.5 Å². The molecule has 0 atom stereocenters. The molecule has 0 N–H and O–H groups in total. The monoisotopic (exact) mass is 256 g/mol. The summed E-state index contributed by atoms with van der Waals surface area (Å²) < 4.78 is 12.5. The van der Waals surface area contributed by atoms with Crippen molar-refractivity contribution < 1.29 is 4.39 Å². The zero-order chi connectivity index (χ0) is 11.5. The average Bonchev–Trinajstić information content (AvgIpc) is 2.33. The van der Waals surface area contributed by atoms with Crippen LogP contribution < -0.4 is 0 Å². The van der Waals surface area contributed by atoms with Gasteiger partial charge in [0.05, 0.1) is 15.7 Å². The summed E-state index contributed by atoms with van der Waals surface area (Å²) in [5, 5.41) is 0.800. The Kier molecular flexibility index (Phi) is 3.36. The largest absolute Gasteiger partial charge is 0.244 e.